The smallest absolute Gasteiger partial charge is 0.349 e. The monoisotopic (exact) mass is 284 g/mol. The van der Waals surface area contributed by atoms with E-state index in [1.165, 1.54) is 11.3 Å². The molecular formula is C14H20O4S. The van der Waals surface area contributed by atoms with Crippen LogP contribution in [0.5, 0.6) is 5.75 Å². The predicted molar refractivity (Wildman–Crippen MR) is 74.4 cm³/mol. The maximum absolute atomic E-state index is 11.1. The minimum Gasteiger partial charge on any atom is -0.492 e. The summed E-state index contributed by atoms with van der Waals surface area (Å²) in [7, 11) is 0. The van der Waals surface area contributed by atoms with E-state index in [-0.39, 0.29) is 0 Å². The van der Waals surface area contributed by atoms with E-state index >= 15 is 0 Å². The fourth-order valence-electron chi connectivity index (χ4n) is 2.22. The number of carboxylic acid groups (broad SMARTS) is 1. The fourth-order valence-corrected chi connectivity index (χ4v) is 3.10. The van der Waals surface area contributed by atoms with Crippen LogP contribution >= 0.6 is 11.3 Å². The molecule has 0 spiro atoms. The largest absolute Gasteiger partial charge is 0.492 e. The molecule has 0 aliphatic carbocycles. The van der Waals surface area contributed by atoms with Crippen molar-refractivity contribution in [1.29, 1.82) is 0 Å². The average molecular weight is 284 g/mol. The third-order valence-electron chi connectivity index (χ3n) is 3.24. The van der Waals surface area contributed by atoms with Gasteiger partial charge in [-0.1, -0.05) is 6.92 Å². The van der Waals surface area contributed by atoms with Crippen LogP contribution in [0.1, 0.15) is 47.2 Å². The van der Waals surface area contributed by atoms with Crippen LogP contribution in [-0.4, -0.2) is 30.4 Å². The Balaban J connectivity index is 1.81. The predicted octanol–water partition coefficient (Wildman–Crippen LogP) is 3.35. The summed E-state index contributed by atoms with van der Waals surface area (Å²) in [6.07, 6.45) is 5.40. The zero-order chi connectivity index (χ0) is 13.7. The van der Waals surface area contributed by atoms with Crippen molar-refractivity contribution < 1.29 is 19.4 Å². The number of rotatable bonds is 7. The van der Waals surface area contributed by atoms with Gasteiger partial charge in [0.2, 0.25) is 0 Å². The number of thiophene rings is 1. The molecule has 1 unspecified atom stereocenters. The molecule has 0 amide bonds. The lowest BCUT2D eigenvalue weighted by molar-refractivity contribution is 0.0696. The molecule has 1 atom stereocenters. The summed E-state index contributed by atoms with van der Waals surface area (Å²) in [6, 6.07) is 1.85. The first-order valence-electron chi connectivity index (χ1n) is 6.81. The molecule has 0 bridgehead atoms. The number of aryl methyl sites for hydroxylation is 1. The average Bonchev–Trinajstić information content (AvgIpc) is 3.03. The molecule has 1 N–H and O–H groups in total. The summed E-state index contributed by atoms with van der Waals surface area (Å²) in [5.41, 5.74) is 0. The summed E-state index contributed by atoms with van der Waals surface area (Å²) in [6.45, 7) is 3.44. The number of aromatic carboxylic acids is 1. The lowest BCUT2D eigenvalue weighted by Gasteiger charge is -2.09. The molecule has 2 heterocycles. The summed E-state index contributed by atoms with van der Waals surface area (Å²) in [5.74, 6) is -0.388. The minimum atomic E-state index is -0.904. The van der Waals surface area contributed by atoms with Gasteiger partial charge in [-0.2, -0.15) is 0 Å². The van der Waals surface area contributed by atoms with Crippen LogP contribution in [0.2, 0.25) is 0 Å². The highest BCUT2D eigenvalue weighted by Gasteiger charge is 2.17. The highest BCUT2D eigenvalue weighted by Crippen LogP contribution is 2.30. The van der Waals surface area contributed by atoms with E-state index in [0.29, 0.717) is 23.3 Å². The van der Waals surface area contributed by atoms with Gasteiger partial charge in [-0.15, -0.1) is 11.3 Å². The van der Waals surface area contributed by atoms with Crippen LogP contribution < -0.4 is 4.74 Å². The third kappa shape index (κ3) is 3.94. The molecule has 0 saturated carbocycles. The highest BCUT2D eigenvalue weighted by molar-refractivity contribution is 7.14. The molecule has 0 aromatic carbocycles. The van der Waals surface area contributed by atoms with E-state index in [4.69, 9.17) is 14.6 Å². The Bertz CT molecular complexity index is 421. The Labute approximate surface area is 117 Å². The van der Waals surface area contributed by atoms with Gasteiger partial charge in [0.1, 0.15) is 5.75 Å². The highest BCUT2D eigenvalue weighted by atomic mass is 32.1. The maximum atomic E-state index is 11.1. The van der Waals surface area contributed by atoms with Gasteiger partial charge in [0.05, 0.1) is 12.7 Å². The summed E-state index contributed by atoms with van der Waals surface area (Å²) in [4.78, 5) is 12.5. The number of carboxylic acids is 1. The summed E-state index contributed by atoms with van der Waals surface area (Å²) >= 11 is 1.30. The van der Waals surface area contributed by atoms with Crippen molar-refractivity contribution in [2.75, 3.05) is 13.2 Å². The van der Waals surface area contributed by atoms with E-state index in [9.17, 15) is 4.79 Å². The molecule has 1 aliphatic rings. The van der Waals surface area contributed by atoms with Crippen LogP contribution in [0.15, 0.2) is 6.07 Å². The van der Waals surface area contributed by atoms with Crippen molar-refractivity contribution in [3.05, 3.63) is 15.8 Å². The lowest BCUT2D eigenvalue weighted by atomic mass is 10.1. The van der Waals surface area contributed by atoms with Crippen LogP contribution in [0.4, 0.5) is 0 Å². The van der Waals surface area contributed by atoms with Gasteiger partial charge in [-0.25, -0.2) is 4.79 Å². The zero-order valence-corrected chi connectivity index (χ0v) is 12.0. The van der Waals surface area contributed by atoms with Crippen molar-refractivity contribution in [3.8, 4) is 5.75 Å². The summed E-state index contributed by atoms with van der Waals surface area (Å²) in [5, 5.41) is 9.11. The first-order chi connectivity index (χ1) is 9.20. The number of ether oxygens (including phenoxy) is 2. The number of hydrogen-bond acceptors (Lipinski definition) is 4. The van der Waals surface area contributed by atoms with E-state index in [1.807, 2.05) is 13.0 Å². The molecule has 1 aromatic rings. The first-order valence-corrected chi connectivity index (χ1v) is 7.62. The third-order valence-corrected chi connectivity index (χ3v) is 4.49. The van der Waals surface area contributed by atoms with Crippen molar-refractivity contribution >= 4 is 17.3 Å². The second-order valence-corrected chi connectivity index (χ2v) is 5.83. The maximum Gasteiger partial charge on any atom is 0.349 e. The van der Waals surface area contributed by atoms with Crippen LogP contribution in [0.3, 0.4) is 0 Å². The molecule has 1 aliphatic heterocycles. The molecule has 4 nitrogen and oxygen atoms in total. The quantitative estimate of drug-likeness (QED) is 0.780. The number of carbonyl (C=O) groups is 1. The van der Waals surface area contributed by atoms with Crippen molar-refractivity contribution in [3.63, 3.8) is 0 Å². The molecule has 5 heteroatoms. The van der Waals surface area contributed by atoms with E-state index in [0.717, 1.165) is 43.6 Å². The summed E-state index contributed by atoms with van der Waals surface area (Å²) < 4.78 is 11.2. The first kappa shape index (κ1) is 14.3. The van der Waals surface area contributed by atoms with Gasteiger partial charge in [-0.3, -0.25) is 0 Å². The Morgan fingerprint density at radius 3 is 3.11 bits per heavy atom. The molecule has 106 valence electrons. The normalized spacial score (nSPS) is 18.7. The van der Waals surface area contributed by atoms with Crippen molar-refractivity contribution in [1.82, 2.24) is 0 Å². The standard InChI is InChI=1S/C14H20O4S/c1-2-11-9-12(13(19-11)14(15)16)18-8-4-6-10-5-3-7-17-10/h9-10H,2-8H2,1H3,(H,15,16). The van der Waals surface area contributed by atoms with Gasteiger partial charge in [0.25, 0.3) is 0 Å². The fraction of sp³-hybridized carbons (Fsp3) is 0.643. The molecule has 2 rings (SSSR count). The van der Waals surface area contributed by atoms with E-state index in [1.54, 1.807) is 0 Å². The number of hydrogen-bond donors (Lipinski definition) is 1. The second-order valence-electron chi connectivity index (χ2n) is 4.69. The molecule has 0 radical (unpaired) electrons. The SMILES string of the molecule is CCc1cc(OCCCC2CCCO2)c(C(=O)O)s1. The molecular weight excluding hydrogens is 264 g/mol. The van der Waals surface area contributed by atoms with E-state index in [2.05, 4.69) is 0 Å². The van der Waals surface area contributed by atoms with Crippen molar-refractivity contribution in [2.24, 2.45) is 0 Å². The van der Waals surface area contributed by atoms with Crippen LogP contribution in [0.25, 0.3) is 0 Å². The Hall–Kier alpha value is -1.07. The van der Waals surface area contributed by atoms with Gasteiger partial charge < -0.3 is 14.6 Å². The second kappa shape index (κ2) is 6.91. The zero-order valence-electron chi connectivity index (χ0n) is 11.2. The van der Waals surface area contributed by atoms with Gasteiger partial charge >= 0.3 is 5.97 Å². The lowest BCUT2D eigenvalue weighted by Crippen LogP contribution is -2.08. The Morgan fingerprint density at radius 2 is 2.47 bits per heavy atom. The molecule has 1 saturated heterocycles. The van der Waals surface area contributed by atoms with Crippen LogP contribution in [0, 0.1) is 0 Å². The van der Waals surface area contributed by atoms with Gasteiger partial charge in [-0.05, 0) is 38.2 Å². The topological polar surface area (TPSA) is 55.8 Å². The molecule has 1 fully saturated rings. The van der Waals surface area contributed by atoms with E-state index < -0.39 is 5.97 Å². The minimum absolute atomic E-state index is 0.314. The molecule has 1 aromatic heterocycles. The van der Waals surface area contributed by atoms with Gasteiger partial charge in [0.15, 0.2) is 4.88 Å². The Kier molecular flexibility index (Phi) is 5.22. The van der Waals surface area contributed by atoms with Gasteiger partial charge in [0, 0.05) is 11.5 Å². The van der Waals surface area contributed by atoms with Crippen LogP contribution in [-0.2, 0) is 11.2 Å². The van der Waals surface area contributed by atoms with Crippen molar-refractivity contribution in [2.45, 2.75) is 45.1 Å². The Morgan fingerprint density at radius 1 is 1.63 bits per heavy atom. The molecule has 19 heavy (non-hydrogen) atoms.